The van der Waals surface area contributed by atoms with Gasteiger partial charge in [0, 0.05) is 17.5 Å². The lowest BCUT2D eigenvalue weighted by atomic mass is 9.97. The SMILES string of the molecule is CC(C)(C)CNCCI. The Morgan fingerprint density at radius 1 is 1.33 bits per heavy atom. The van der Waals surface area contributed by atoms with E-state index < -0.39 is 0 Å². The standard InChI is InChI=1S/C7H16IN/c1-7(2,3)6-9-5-4-8/h9H,4-6H2,1-3H3. The minimum Gasteiger partial charge on any atom is -0.315 e. The molecule has 1 N–H and O–H groups in total. The van der Waals surface area contributed by atoms with Crippen molar-refractivity contribution in [2.24, 2.45) is 5.41 Å². The zero-order valence-corrected chi connectivity index (χ0v) is 8.66. The van der Waals surface area contributed by atoms with Crippen LogP contribution in [0.15, 0.2) is 0 Å². The molecule has 0 heterocycles. The van der Waals surface area contributed by atoms with Crippen molar-refractivity contribution in [1.29, 1.82) is 0 Å². The van der Waals surface area contributed by atoms with Crippen LogP contribution in [0.1, 0.15) is 20.8 Å². The lowest BCUT2D eigenvalue weighted by Gasteiger charge is -2.17. The summed E-state index contributed by atoms with van der Waals surface area (Å²) in [6.45, 7) is 8.99. The molecule has 0 aliphatic carbocycles. The largest absolute Gasteiger partial charge is 0.315 e. The van der Waals surface area contributed by atoms with Crippen LogP contribution in [-0.2, 0) is 0 Å². The van der Waals surface area contributed by atoms with Crippen LogP contribution in [0.2, 0.25) is 0 Å². The fraction of sp³-hybridized carbons (Fsp3) is 1.00. The van der Waals surface area contributed by atoms with E-state index in [9.17, 15) is 0 Å². The molecule has 0 rings (SSSR count). The Kier molecular flexibility index (Phi) is 4.84. The van der Waals surface area contributed by atoms with Gasteiger partial charge < -0.3 is 5.32 Å². The van der Waals surface area contributed by atoms with Crippen LogP contribution in [0, 0.1) is 5.41 Å². The monoisotopic (exact) mass is 241 g/mol. The molecule has 9 heavy (non-hydrogen) atoms. The van der Waals surface area contributed by atoms with E-state index in [0.717, 1.165) is 13.1 Å². The summed E-state index contributed by atoms with van der Waals surface area (Å²) in [5.74, 6) is 0. The third-order valence-corrected chi connectivity index (χ3v) is 1.47. The first-order chi connectivity index (χ1) is 4.06. The molecule has 0 aromatic heterocycles. The third kappa shape index (κ3) is 8.69. The van der Waals surface area contributed by atoms with Crippen LogP contribution >= 0.6 is 22.6 Å². The lowest BCUT2D eigenvalue weighted by Crippen LogP contribution is -2.28. The first-order valence-corrected chi connectivity index (χ1v) is 4.85. The average Bonchev–Trinajstić information content (AvgIpc) is 1.63. The lowest BCUT2D eigenvalue weighted by molar-refractivity contribution is 0.386. The van der Waals surface area contributed by atoms with Gasteiger partial charge in [0.05, 0.1) is 0 Å². The normalized spacial score (nSPS) is 12.0. The Morgan fingerprint density at radius 3 is 2.22 bits per heavy atom. The smallest absolute Gasteiger partial charge is 0.0121 e. The number of rotatable bonds is 3. The van der Waals surface area contributed by atoms with Crippen molar-refractivity contribution in [1.82, 2.24) is 5.32 Å². The molecule has 0 amide bonds. The van der Waals surface area contributed by atoms with Gasteiger partial charge in [0.25, 0.3) is 0 Å². The molecule has 0 radical (unpaired) electrons. The summed E-state index contributed by atoms with van der Waals surface area (Å²) in [6.07, 6.45) is 0. The van der Waals surface area contributed by atoms with Gasteiger partial charge in [0.2, 0.25) is 0 Å². The molecule has 56 valence electrons. The molecule has 0 bridgehead atoms. The minimum atomic E-state index is 0.436. The number of halogens is 1. The predicted molar refractivity (Wildman–Crippen MR) is 51.2 cm³/mol. The zero-order chi connectivity index (χ0) is 7.33. The van der Waals surface area contributed by atoms with E-state index in [4.69, 9.17) is 0 Å². The van der Waals surface area contributed by atoms with Gasteiger partial charge in [-0.1, -0.05) is 43.4 Å². The summed E-state index contributed by atoms with van der Waals surface area (Å²) >= 11 is 2.38. The summed E-state index contributed by atoms with van der Waals surface area (Å²) < 4.78 is 1.20. The van der Waals surface area contributed by atoms with E-state index in [0.29, 0.717) is 5.41 Å². The highest BCUT2D eigenvalue weighted by Gasteiger charge is 2.07. The summed E-state index contributed by atoms with van der Waals surface area (Å²) in [5.41, 5.74) is 0.436. The molecule has 0 spiro atoms. The summed E-state index contributed by atoms with van der Waals surface area (Å²) in [7, 11) is 0. The Labute approximate surface area is 71.7 Å². The van der Waals surface area contributed by atoms with Crippen LogP contribution in [0.3, 0.4) is 0 Å². The predicted octanol–water partition coefficient (Wildman–Crippen LogP) is 2.06. The molecule has 0 aromatic rings. The first kappa shape index (κ1) is 9.69. The van der Waals surface area contributed by atoms with Crippen molar-refractivity contribution >= 4 is 22.6 Å². The van der Waals surface area contributed by atoms with E-state index in [1.54, 1.807) is 0 Å². The van der Waals surface area contributed by atoms with Gasteiger partial charge in [-0.15, -0.1) is 0 Å². The fourth-order valence-corrected chi connectivity index (χ4v) is 0.912. The number of hydrogen-bond donors (Lipinski definition) is 1. The van der Waals surface area contributed by atoms with Crippen LogP contribution < -0.4 is 5.32 Å². The second-order valence-electron chi connectivity index (χ2n) is 3.43. The minimum absolute atomic E-state index is 0.436. The van der Waals surface area contributed by atoms with Crippen molar-refractivity contribution in [2.75, 3.05) is 17.5 Å². The summed E-state index contributed by atoms with van der Waals surface area (Å²) in [6, 6.07) is 0. The maximum Gasteiger partial charge on any atom is 0.0121 e. The number of alkyl halides is 1. The molecule has 0 saturated carbocycles. The molecular weight excluding hydrogens is 225 g/mol. The van der Waals surface area contributed by atoms with E-state index in [1.165, 1.54) is 4.43 Å². The topological polar surface area (TPSA) is 12.0 Å². The maximum absolute atomic E-state index is 3.37. The Morgan fingerprint density at radius 2 is 1.89 bits per heavy atom. The van der Waals surface area contributed by atoms with Crippen molar-refractivity contribution in [3.63, 3.8) is 0 Å². The zero-order valence-electron chi connectivity index (χ0n) is 6.50. The molecule has 0 saturated heterocycles. The molecule has 0 aliphatic rings. The molecule has 0 unspecified atom stereocenters. The second kappa shape index (κ2) is 4.50. The number of nitrogens with one attached hydrogen (secondary N) is 1. The van der Waals surface area contributed by atoms with Crippen molar-refractivity contribution in [3.05, 3.63) is 0 Å². The second-order valence-corrected chi connectivity index (χ2v) is 4.51. The van der Waals surface area contributed by atoms with E-state index in [2.05, 4.69) is 48.7 Å². The summed E-state index contributed by atoms with van der Waals surface area (Å²) in [4.78, 5) is 0. The van der Waals surface area contributed by atoms with Gasteiger partial charge in [-0.05, 0) is 5.41 Å². The highest BCUT2D eigenvalue weighted by Crippen LogP contribution is 2.09. The Hall–Kier alpha value is 0.690. The quantitative estimate of drug-likeness (QED) is 0.453. The number of hydrogen-bond acceptors (Lipinski definition) is 1. The first-order valence-electron chi connectivity index (χ1n) is 3.33. The molecule has 0 aromatic carbocycles. The highest BCUT2D eigenvalue weighted by molar-refractivity contribution is 14.1. The van der Waals surface area contributed by atoms with Gasteiger partial charge in [-0.2, -0.15) is 0 Å². The van der Waals surface area contributed by atoms with Crippen molar-refractivity contribution in [2.45, 2.75) is 20.8 Å². The Bertz CT molecular complexity index is 65.8. The molecular formula is C7H16IN. The van der Waals surface area contributed by atoms with Crippen LogP contribution in [0.25, 0.3) is 0 Å². The van der Waals surface area contributed by atoms with E-state index >= 15 is 0 Å². The van der Waals surface area contributed by atoms with Gasteiger partial charge in [0.15, 0.2) is 0 Å². The van der Waals surface area contributed by atoms with Crippen molar-refractivity contribution in [3.8, 4) is 0 Å². The fourth-order valence-electron chi connectivity index (χ4n) is 0.530. The molecule has 0 aliphatic heterocycles. The molecule has 1 nitrogen and oxygen atoms in total. The maximum atomic E-state index is 3.37. The van der Waals surface area contributed by atoms with Crippen LogP contribution in [-0.4, -0.2) is 17.5 Å². The van der Waals surface area contributed by atoms with Gasteiger partial charge in [-0.3, -0.25) is 0 Å². The van der Waals surface area contributed by atoms with E-state index in [-0.39, 0.29) is 0 Å². The molecule has 0 atom stereocenters. The average molecular weight is 241 g/mol. The van der Waals surface area contributed by atoms with Gasteiger partial charge in [0.1, 0.15) is 0 Å². The molecule has 0 fully saturated rings. The van der Waals surface area contributed by atoms with Gasteiger partial charge >= 0.3 is 0 Å². The van der Waals surface area contributed by atoms with E-state index in [1.807, 2.05) is 0 Å². The highest BCUT2D eigenvalue weighted by atomic mass is 127. The van der Waals surface area contributed by atoms with Crippen LogP contribution in [0.4, 0.5) is 0 Å². The molecule has 2 heteroatoms. The Balaban J connectivity index is 3.07. The van der Waals surface area contributed by atoms with Crippen LogP contribution in [0.5, 0.6) is 0 Å². The van der Waals surface area contributed by atoms with Crippen molar-refractivity contribution < 1.29 is 0 Å². The summed E-state index contributed by atoms with van der Waals surface area (Å²) in [5, 5.41) is 3.37. The van der Waals surface area contributed by atoms with Gasteiger partial charge in [-0.25, -0.2) is 0 Å². The third-order valence-electron chi connectivity index (χ3n) is 0.927.